The molecule has 3 nitrogen and oxygen atoms in total. The van der Waals surface area contributed by atoms with E-state index in [1.165, 1.54) is 7.76 Å². The average Bonchev–Trinajstić information content (AvgIpc) is 2.77. The molecule has 0 fully saturated rings. The van der Waals surface area contributed by atoms with Gasteiger partial charge in [-0.3, -0.25) is 4.99 Å². The molecule has 1 aromatic heterocycles. The number of nitrogens with one attached hydrogen (secondary N) is 1. The van der Waals surface area contributed by atoms with E-state index in [4.69, 9.17) is 0 Å². The second-order valence-electron chi connectivity index (χ2n) is 3.51. The van der Waals surface area contributed by atoms with Crippen molar-refractivity contribution in [2.75, 3.05) is 26.7 Å². The Hall–Kier alpha value is -0.300. The van der Waals surface area contributed by atoms with Gasteiger partial charge in [0.05, 0.1) is 9.43 Å². The summed E-state index contributed by atoms with van der Waals surface area (Å²) < 4.78 is 1.36. The first-order valence-corrected chi connectivity index (χ1v) is 6.89. The Balaban J connectivity index is 1.75. The third kappa shape index (κ3) is 3.07. The van der Waals surface area contributed by atoms with Crippen molar-refractivity contribution in [2.24, 2.45) is 4.99 Å². The molecule has 5 heteroatoms. The molecule has 0 saturated heterocycles. The van der Waals surface area contributed by atoms with Crippen molar-refractivity contribution in [1.29, 1.82) is 0 Å². The van der Waals surface area contributed by atoms with Crippen molar-refractivity contribution < 1.29 is 0 Å². The minimum atomic E-state index is 0.926. The van der Waals surface area contributed by atoms with Crippen molar-refractivity contribution in [1.82, 2.24) is 10.2 Å². The Morgan fingerprint density at radius 1 is 1.60 bits per heavy atom. The molecule has 2 rings (SSSR count). The summed E-state index contributed by atoms with van der Waals surface area (Å²) >= 11 is 4.22. The van der Waals surface area contributed by atoms with Gasteiger partial charge in [-0.15, -0.1) is 11.3 Å². The lowest BCUT2D eigenvalue weighted by Gasteiger charge is -2.14. The molecular formula is C10H14IN3S. The predicted molar refractivity (Wildman–Crippen MR) is 73.7 cm³/mol. The zero-order valence-corrected chi connectivity index (χ0v) is 11.6. The van der Waals surface area contributed by atoms with Crippen molar-refractivity contribution in [3.05, 3.63) is 19.9 Å². The molecule has 0 spiro atoms. The quantitative estimate of drug-likeness (QED) is 0.853. The van der Waals surface area contributed by atoms with E-state index in [0.717, 1.165) is 32.0 Å². The van der Waals surface area contributed by atoms with E-state index < -0.39 is 0 Å². The summed E-state index contributed by atoms with van der Waals surface area (Å²) in [7, 11) is 2.08. The number of hydrogen-bond acceptors (Lipinski definition) is 4. The van der Waals surface area contributed by atoms with Gasteiger partial charge in [0, 0.05) is 25.0 Å². The number of guanidine groups is 1. The van der Waals surface area contributed by atoms with Crippen LogP contribution in [0.15, 0.2) is 17.1 Å². The van der Waals surface area contributed by atoms with Gasteiger partial charge in [0.1, 0.15) is 0 Å². The lowest BCUT2D eigenvalue weighted by atomic mass is 10.3. The third-order valence-corrected chi connectivity index (χ3v) is 4.30. The van der Waals surface area contributed by atoms with E-state index in [2.05, 4.69) is 57.0 Å². The van der Waals surface area contributed by atoms with Gasteiger partial charge in [-0.25, -0.2) is 0 Å². The molecule has 0 radical (unpaired) electrons. The highest BCUT2D eigenvalue weighted by Gasteiger charge is 2.10. The maximum absolute atomic E-state index is 4.39. The Morgan fingerprint density at radius 3 is 3.07 bits per heavy atom. The second kappa shape index (κ2) is 5.16. The van der Waals surface area contributed by atoms with Crippen LogP contribution in [0.2, 0.25) is 0 Å². The fraction of sp³-hybridized carbons (Fsp3) is 0.500. The molecular weight excluding hydrogens is 321 g/mol. The molecule has 0 unspecified atom stereocenters. The van der Waals surface area contributed by atoms with Gasteiger partial charge in [-0.05, 0) is 41.1 Å². The van der Waals surface area contributed by atoms with E-state index in [1.54, 1.807) is 0 Å². The molecule has 15 heavy (non-hydrogen) atoms. The Morgan fingerprint density at radius 2 is 2.47 bits per heavy atom. The number of likely N-dealkylation sites (N-methyl/N-ethyl adjacent to an activating group) is 1. The highest BCUT2D eigenvalue weighted by atomic mass is 127. The summed E-state index contributed by atoms with van der Waals surface area (Å²) in [5.74, 6) is 1.04. The Bertz CT molecular complexity index is 361. The lowest BCUT2D eigenvalue weighted by Crippen LogP contribution is -2.36. The van der Waals surface area contributed by atoms with Gasteiger partial charge in [0.2, 0.25) is 0 Å². The van der Waals surface area contributed by atoms with Crippen LogP contribution >= 0.6 is 33.9 Å². The number of thiophene rings is 1. The summed E-state index contributed by atoms with van der Waals surface area (Å²) in [5, 5.41) is 3.37. The van der Waals surface area contributed by atoms with Crippen molar-refractivity contribution >= 4 is 39.9 Å². The zero-order chi connectivity index (χ0) is 10.7. The first kappa shape index (κ1) is 11.2. The van der Waals surface area contributed by atoms with Crippen LogP contribution in [0.5, 0.6) is 0 Å². The zero-order valence-electron chi connectivity index (χ0n) is 8.66. The van der Waals surface area contributed by atoms with Gasteiger partial charge in [-0.1, -0.05) is 0 Å². The van der Waals surface area contributed by atoms with E-state index in [0.29, 0.717) is 0 Å². The first-order valence-electron chi connectivity index (χ1n) is 4.99. The number of rotatable bonds is 3. The van der Waals surface area contributed by atoms with Crippen LogP contribution in [0.1, 0.15) is 4.88 Å². The van der Waals surface area contributed by atoms with Crippen LogP contribution in [0.4, 0.5) is 0 Å². The van der Waals surface area contributed by atoms with Crippen LogP contribution < -0.4 is 5.32 Å². The fourth-order valence-corrected chi connectivity index (χ4v) is 3.26. The summed E-state index contributed by atoms with van der Waals surface area (Å²) in [6.07, 6.45) is 1.08. The van der Waals surface area contributed by atoms with E-state index in [1.807, 2.05) is 11.3 Å². The first-order chi connectivity index (χ1) is 7.25. The molecule has 1 aliphatic heterocycles. The average molecular weight is 335 g/mol. The maximum Gasteiger partial charge on any atom is 0.193 e. The minimum absolute atomic E-state index is 0.926. The van der Waals surface area contributed by atoms with Crippen LogP contribution in [0.3, 0.4) is 0 Å². The molecule has 0 bridgehead atoms. The Labute approximate surface area is 108 Å². The van der Waals surface area contributed by atoms with Gasteiger partial charge in [-0.2, -0.15) is 0 Å². The molecule has 0 aromatic carbocycles. The number of hydrogen-bond donors (Lipinski definition) is 1. The highest BCUT2D eigenvalue weighted by molar-refractivity contribution is 14.1. The number of aliphatic imine (C=N–C) groups is 1. The maximum atomic E-state index is 4.39. The monoisotopic (exact) mass is 335 g/mol. The van der Waals surface area contributed by atoms with Gasteiger partial charge in [0.15, 0.2) is 5.96 Å². The fourth-order valence-electron chi connectivity index (χ4n) is 1.51. The van der Waals surface area contributed by atoms with Crippen LogP contribution in [0, 0.1) is 2.88 Å². The smallest absolute Gasteiger partial charge is 0.193 e. The van der Waals surface area contributed by atoms with Gasteiger partial charge in [0.25, 0.3) is 0 Å². The molecule has 0 amide bonds. The Kier molecular flexibility index (Phi) is 3.85. The highest BCUT2D eigenvalue weighted by Crippen LogP contribution is 2.18. The summed E-state index contributed by atoms with van der Waals surface area (Å²) in [4.78, 5) is 7.99. The molecule has 1 aliphatic rings. The molecule has 2 heterocycles. The lowest BCUT2D eigenvalue weighted by molar-refractivity contribution is 0.534. The van der Waals surface area contributed by atoms with E-state index in [-0.39, 0.29) is 0 Å². The predicted octanol–water partition coefficient (Wildman–Crippen LogP) is 1.79. The minimum Gasteiger partial charge on any atom is -0.356 e. The number of halogens is 1. The van der Waals surface area contributed by atoms with Crippen molar-refractivity contribution in [2.45, 2.75) is 6.42 Å². The third-order valence-electron chi connectivity index (χ3n) is 2.34. The summed E-state index contributed by atoms with van der Waals surface area (Å²) in [6.45, 7) is 2.94. The molecule has 0 saturated carbocycles. The number of nitrogens with zero attached hydrogens (tertiary/aromatic N) is 2. The SMILES string of the molecule is CN1CCN=C1NCCc1ccc(I)s1. The largest absolute Gasteiger partial charge is 0.356 e. The summed E-state index contributed by atoms with van der Waals surface area (Å²) in [6, 6.07) is 4.37. The van der Waals surface area contributed by atoms with E-state index >= 15 is 0 Å². The topological polar surface area (TPSA) is 27.6 Å². The summed E-state index contributed by atoms with van der Waals surface area (Å²) in [5.41, 5.74) is 0. The van der Waals surface area contributed by atoms with E-state index in [9.17, 15) is 0 Å². The van der Waals surface area contributed by atoms with Crippen LogP contribution in [0.25, 0.3) is 0 Å². The van der Waals surface area contributed by atoms with Crippen LogP contribution in [-0.4, -0.2) is 37.5 Å². The van der Waals surface area contributed by atoms with Crippen molar-refractivity contribution in [3.63, 3.8) is 0 Å². The van der Waals surface area contributed by atoms with Gasteiger partial charge >= 0.3 is 0 Å². The molecule has 82 valence electrons. The second-order valence-corrected chi connectivity index (χ2v) is 6.57. The standard InChI is InChI=1S/C10H14IN3S/c1-14-7-6-13-10(14)12-5-4-8-2-3-9(11)15-8/h2-3H,4-7H2,1H3,(H,12,13). The molecule has 0 atom stereocenters. The normalized spacial score (nSPS) is 15.6. The molecule has 1 N–H and O–H groups in total. The molecule has 0 aliphatic carbocycles. The van der Waals surface area contributed by atoms with Crippen LogP contribution in [-0.2, 0) is 6.42 Å². The van der Waals surface area contributed by atoms with Gasteiger partial charge < -0.3 is 10.2 Å². The van der Waals surface area contributed by atoms with Crippen molar-refractivity contribution in [3.8, 4) is 0 Å². The molecule has 1 aromatic rings.